The molecule has 0 bridgehead atoms. The Morgan fingerprint density at radius 1 is 1.14 bits per heavy atom. The largest absolute Gasteiger partial charge is 0.437 e. The second kappa shape index (κ2) is 6.22. The monoisotopic (exact) mass is 324 g/mol. The smallest absolute Gasteiger partial charge is 0.219 e. The lowest BCUT2D eigenvalue weighted by Crippen LogP contribution is -2.15. The molecular weight excluding hydrogens is 307 g/mol. The van der Waals surface area contributed by atoms with E-state index in [4.69, 9.17) is 33.7 Å². The van der Waals surface area contributed by atoms with Crippen LogP contribution in [0, 0.1) is 0 Å². The van der Waals surface area contributed by atoms with E-state index in [1.807, 2.05) is 12.1 Å². The Hall–Kier alpha value is -1.29. The first-order valence-electron chi connectivity index (χ1n) is 6.64. The summed E-state index contributed by atoms with van der Waals surface area (Å²) in [6, 6.07) is 8.87. The van der Waals surface area contributed by atoms with Gasteiger partial charge in [-0.15, -0.1) is 0 Å². The number of benzene rings is 1. The van der Waals surface area contributed by atoms with Crippen LogP contribution in [0.25, 0.3) is 0 Å². The molecule has 0 spiro atoms. The van der Waals surface area contributed by atoms with Crippen LogP contribution in [0.1, 0.15) is 32.0 Å². The summed E-state index contributed by atoms with van der Waals surface area (Å²) in [5, 5.41) is 1.04. The lowest BCUT2D eigenvalue weighted by Gasteiger charge is -2.20. The summed E-state index contributed by atoms with van der Waals surface area (Å²) in [5.74, 6) is 0.942. The number of ether oxygens (including phenoxy) is 1. The second-order valence-corrected chi connectivity index (χ2v) is 6.67. The van der Waals surface area contributed by atoms with E-state index in [0.29, 0.717) is 28.2 Å². The molecular formula is C16H18Cl2N2O. The summed E-state index contributed by atoms with van der Waals surface area (Å²) in [4.78, 5) is 4.54. The molecule has 2 N–H and O–H groups in total. The molecule has 5 heteroatoms. The van der Waals surface area contributed by atoms with Crippen LogP contribution in [-0.2, 0) is 12.0 Å². The quantitative estimate of drug-likeness (QED) is 0.870. The van der Waals surface area contributed by atoms with Crippen LogP contribution in [0.2, 0.25) is 10.0 Å². The van der Waals surface area contributed by atoms with Crippen molar-refractivity contribution >= 4 is 23.2 Å². The highest BCUT2D eigenvalue weighted by Crippen LogP contribution is 2.32. The zero-order chi connectivity index (χ0) is 15.6. The van der Waals surface area contributed by atoms with E-state index in [1.165, 1.54) is 0 Å². The minimum atomic E-state index is -0.0958. The Morgan fingerprint density at radius 2 is 1.86 bits per heavy atom. The summed E-state index contributed by atoms with van der Waals surface area (Å²) in [6.07, 6.45) is 0. The van der Waals surface area contributed by atoms with Crippen molar-refractivity contribution in [2.24, 2.45) is 5.73 Å². The fraction of sp³-hybridized carbons (Fsp3) is 0.312. The van der Waals surface area contributed by atoms with E-state index in [0.717, 1.165) is 11.3 Å². The molecule has 0 unspecified atom stereocenters. The van der Waals surface area contributed by atoms with Gasteiger partial charge in [-0.25, -0.2) is 4.98 Å². The molecule has 0 saturated heterocycles. The van der Waals surface area contributed by atoms with Gasteiger partial charge in [-0.1, -0.05) is 44.0 Å². The molecule has 0 amide bonds. The normalized spacial score (nSPS) is 11.5. The van der Waals surface area contributed by atoms with Gasteiger partial charge in [-0.2, -0.15) is 0 Å². The van der Waals surface area contributed by atoms with Crippen molar-refractivity contribution in [1.29, 1.82) is 0 Å². The maximum absolute atomic E-state index is 6.11. The van der Waals surface area contributed by atoms with Crippen LogP contribution < -0.4 is 10.5 Å². The fourth-order valence-electron chi connectivity index (χ4n) is 1.78. The molecule has 3 nitrogen and oxygen atoms in total. The Balaban J connectivity index is 2.42. The van der Waals surface area contributed by atoms with Gasteiger partial charge in [0.15, 0.2) is 0 Å². The topological polar surface area (TPSA) is 48.1 Å². The molecule has 0 aliphatic heterocycles. The SMILES string of the molecule is CC(C)(C)c1cc(CN)cc(Oc2cc(Cl)ccc2Cl)n1. The van der Waals surface area contributed by atoms with E-state index in [-0.39, 0.29) is 5.41 Å². The molecule has 1 aromatic carbocycles. The van der Waals surface area contributed by atoms with Gasteiger partial charge in [0.25, 0.3) is 0 Å². The van der Waals surface area contributed by atoms with Crippen molar-refractivity contribution in [2.75, 3.05) is 0 Å². The van der Waals surface area contributed by atoms with Crippen molar-refractivity contribution in [3.8, 4) is 11.6 Å². The van der Waals surface area contributed by atoms with Gasteiger partial charge in [-0.3, -0.25) is 0 Å². The van der Waals surface area contributed by atoms with Crippen LogP contribution in [0.4, 0.5) is 0 Å². The van der Waals surface area contributed by atoms with Crippen molar-refractivity contribution < 1.29 is 4.74 Å². The first kappa shape index (κ1) is 16.1. The third-order valence-corrected chi connectivity index (χ3v) is 3.52. The summed E-state index contributed by atoms with van der Waals surface area (Å²) >= 11 is 12.1. The molecule has 0 saturated carbocycles. The van der Waals surface area contributed by atoms with Gasteiger partial charge in [0.1, 0.15) is 5.75 Å². The molecule has 0 aliphatic carbocycles. The predicted molar refractivity (Wildman–Crippen MR) is 87.4 cm³/mol. The number of halogens is 2. The number of nitrogens with zero attached hydrogens (tertiary/aromatic N) is 1. The zero-order valence-corrected chi connectivity index (χ0v) is 13.8. The average molecular weight is 325 g/mol. The Labute approximate surface area is 135 Å². The summed E-state index contributed by atoms with van der Waals surface area (Å²) in [5.41, 5.74) is 7.53. The molecule has 1 aromatic heterocycles. The molecule has 21 heavy (non-hydrogen) atoms. The number of pyridine rings is 1. The van der Waals surface area contributed by atoms with Crippen LogP contribution in [0.15, 0.2) is 30.3 Å². The van der Waals surface area contributed by atoms with Gasteiger partial charge < -0.3 is 10.5 Å². The van der Waals surface area contributed by atoms with Gasteiger partial charge in [-0.05, 0) is 23.8 Å². The van der Waals surface area contributed by atoms with Gasteiger partial charge in [0, 0.05) is 29.1 Å². The highest BCUT2D eigenvalue weighted by Gasteiger charge is 2.18. The van der Waals surface area contributed by atoms with Gasteiger partial charge in [0.05, 0.1) is 10.7 Å². The summed E-state index contributed by atoms with van der Waals surface area (Å²) < 4.78 is 5.79. The van der Waals surface area contributed by atoms with Gasteiger partial charge >= 0.3 is 0 Å². The number of hydrogen-bond donors (Lipinski definition) is 1. The predicted octanol–water partition coefficient (Wildman–Crippen LogP) is 4.94. The van der Waals surface area contributed by atoms with E-state index in [2.05, 4.69) is 25.8 Å². The van der Waals surface area contributed by atoms with Crippen molar-refractivity contribution in [3.05, 3.63) is 51.6 Å². The molecule has 2 rings (SSSR count). The Morgan fingerprint density at radius 3 is 2.48 bits per heavy atom. The lowest BCUT2D eigenvalue weighted by atomic mass is 9.91. The molecule has 0 fully saturated rings. The van der Waals surface area contributed by atoms with E-state index in [1.54, 1.807) is 18.2 Å². The minimum absolute atomic E-state index is 0.0958. The molecule has 0 radical (unpaired) electrons. The number of nitrogens with two attached hydrogens (primary N) is 1. The van der Waals surface area contributed by atoms with Crippen molar-refractivity contribution in [1.82, 2.24) is 4.98 Å². The van der Waals surface area contributed by atoms with Crippen molar-refractivity contribution in [2.45, 2.75) is 32.7 Å². The highest BCUT2D eigenvalue weighted by atomic mass is 35.5. The average Bonchev–Trinajstić information content (AvgIpc) is 2.41. The molecule has 112 valence electrons. The summed E-state index contributed by atoms with van der Waals surface area (Å²) in [6.45, 7) is 6.69. The maximum Gasteiger partial charge on any atom is 0.219 e. The number of rotatable bonds is 3. The first-order chi connectivity index (χ1) is 9.79. The number of aromatic nitrogens is 1. The second-order valence-electron chi connectivity index (χ2n) is 5.83. The zero-order valence-electron chi connectivity index (χ0n) is 12.3. The third kappa shape index (κ3) is 4.10. The number of hydrogen-bond acceptors (Lipinski definition) is 3. The fourth-order valence-corrected chi connectivity index (χ4v) is 2.10. The van der Waals surface area contributed by atoms with Crippen molar-refractivity contribution in [3.63, 3.8) is 0 Å². The molecule has 0 atom stereocenters. The molecule has 0 aliphatic rings. The third-order valence-electron chi connectivity index (χ3n) is 2.97. The van der Waals surface area contributed by atoms with E-state index >= 15 is 0 Å². The van der Waals surface area contributed by atoms with E-state index in [9.17, 15) is 0 Å². The van der Waals surface area contributed by atoms with Crippen LogP contribution in [0.5, 0.6) is 11.6 Å². The maximum atomic E-state index is 6.11. The minimum Gasteiger partial charge on any atom is -0.437 e. The molecule has 2 aromatic rings. The van der Waals surface area contributed by atoms with Crippen LogP contribution >= 0.6 is 23.2 Å². The highest BCUT2D eigenvalue weighted by molar-refractivity contribution is 6.34. The van der Waals surface area contributed by atoms with E-state index < -0.39 is 0 Å². The Kier molecular flexibility index (Phi) is 4.77. The first-order valence-corrected chi connectivity index (χ1v) is 7.39. The van der Waals surface area contributed by atoms with Gasteiger partial charge in [0.2, 0.25) is 5.88 Å². The standard InChI is InChI=1S/C16H18Cl2N2O/c1-16(2,3)14-6-10(9-19)7-15(20-14)21-13-8-11(17)4-5-12(13)18/h4-8H,9,19H2,1-3H3. The lowest BCUT2D eigenvalue weighted by molar-refractivity contribution is 0.451. The van der Waals surface area contributed by atoms with Crippen LogP contribution in [-0.4, -0.2) is 4.98 Å². The Bertz CT molecular complexity index is 651. The van der Waals surface area contributed by atoms with Crippen LogP contribution in [0.3, 0.4) is 0 Å². The molecule has 1 heterocycles. The summed E-state index contributed by atoms with van der Waals surface area (Å²) in [7, 11) is 0.